The summed E-state index contributed by atoms with van der Waals surface area (Å²) < 4.78 is 0. The van der Waals surface area contributed by atoms with Crippen molar-refractivity contribution in [2.24, 2.45) is 5.92 Å². The Morgan fingerprint density at radius 1 is 1.12 bits per heavy atom. The minimum atomic E-state index is -0.0317. The average molecular weight is 378 g/mol. The van der Waals surface area contributed by atoms with Crippen molar-refractivity contribution in [1.82, 2.24) is 15.1 Å². The number of carbonyl (C=O) groups excluding carboxylic acids is 2. The molecular formula is C20H28ClN3O2. The SMILES string of the molecule is C[C@@H]1CCCC[C@@H]1NC(=O)CN1CCN(C(=O)c2ccccc2Cl)CC1. The summed E-state index contributed by atoms with van der Waals surface area (Å²) in [4.78, 5) is 28.9. The molecule has 1 saturated carbocycles. The van der Waals surface area contributed by atoms with Gasteiger partial charge in [-0.2, -0.15) is 0 Å². The van der Waals surface area contributed by atoms with Crippen LogP contribution in [-0.2, 0) is 4.79 Å². The third-order valence-corrected chi connectivity index (χ3v) is 5.92. The van der Waals surface area contributed by atoms with Gasteiger partial charge in [-0.3, -0.25) is 14.5 Å². The molecule has 1 aliphatic heterocycles. The van der Waals surface area contributed by atoms with Gasteiger partial charge in [0.1, 0.15) is 0 Å². The third kappa shape index (κ3) is 4.77. The van der Waals surface area contributed by atoms with Gasteiger partial charge in [0.15, 0.2) is 0 Å². The number of hydrogen-bond donors (Lipinski definition) is 1. The molecule has 6 heteroatoms. The van der Waals surface area contributed by atoms with Crippen molar-refractivity contribution < 1.29 is 9.59 Å². The Balaban J connectivity index is 1.45. The van der Waals surface area contributed by atoms with Crippen LogP contribution in [0.5, 0.6) is 0 Å². The quantitative estimate of drug-likeness (QED) is 0.877. The molecule has 0 spiro atoms. The zero-order valence-electron chi connectivity index (χ0n) is 15.4. The number of piperazine rings is 1. The normalized spacial score (nSPS) is 24.3. The molecule has 2 aliphatic rings. The van der Waals surface area contributed by atoms with E-state index >= 15 is 0 Å². The number of halogens is 1. The standard InChI is InChI=1S/C20H28ClN3O2/c1-15-6-2-5-9-18(15)22-19(25)14-23-10-12-24(13-11-23)20(26)16-7-3-4-8-17(16)21/h3-4,7-8,15,18H,2,5-6,9-14H2,1H3,(H,22,25)/t15-,18+/m1/s1. The van der Waals surface area contributed by atoms with Gasteiger partial charge in [-0.1, -0.05) is 43.5 Å². The first-order chi connectivity index (χ1) is 12.5. The van der Waals surface area contributed by atoms with Crippen LogP contribution in [0.15, 0.2) is 24.3 Å². The summed E-state index contributed by atoms with van der Waals surface area (Å²) >= 11 is 6.13. The molecule has 1 aromatic rings. The fourth-order valence-corrected chi connectivity index (χ4v) is 4.12. The van der Waals surface area contributed by atoms with Gasteiger partial charge in [-0.05, 0) is 30.9 Å². The molecule has 1 N–H and O–H groups in total. The van der Waals surface area contributed by atoms with E-state index in [2.05, 4.69) is 17.1 Å². The van der Waals surface area contributed by atoms with Crippen LogP contribution in [0.3, 0.4) is 0 Å². The number of amides is 2. The highest BCUT2D eigenvalue weighted by Crippen LogP contribution is 2.23. The lowest BCUT2D eigenvalue weighted by Gasteiger charge is -2.35. The Labute approximate surface area is 160 Å². The van der Waals surface area contributed by atoms with Crippen molar-refractivity contribution in [2.45, 2.75) is 38.6 Å². The van der Waals surface area contributed by atoms with E-state index in [1.165, 1.54) is 19.3 Å². The molecule has 3 rings (SSSR count). The second kappa shape index (κ2) is 8.87. The highest BCUT2D eigenvalue weighted by atomic mass is 35.5. The molecule has 0 unspecified atom stereocenters. The zero-order valence-corrected chi connectivity index (χ0v) is 16.2. The summed E-state index contributed by atoms with van der Waals surface area (Å²) in [6, 6.07) is 7.46. The number of hydrogen-bond acceptors (Lipinski definition) is 3. The van der Waals surface area contributed by atoms with Gasteiger partial charge in [0.2, 0.25) is 5.91 Å². The smallest absolute Gasteiger partial charge is 0.255 e. The van der Waals surface area contributed by atoms with Crippen LogP contribution in [0, 0.1) is 5.92 Å². The van der Waals surface area contributed by atoms with Gasteiger partial charge in [0, 0.05) is 32.2 Å². The number of nitrogens with one attached hydrogen (secondary N) is 1. The Kier molecular flexibility index (Phi) is 6.54. The van der Waals surface area contributed by atoms with Gasteiger partial charge in [0.05, 0.1) is 17.1 Å². The van der Waals surface area contributed by atoms with E-state index in [1.807, 2.05) is 17.0 Å². The Morgan fingerprint density at radius 3 is 2.50 bits per heavy atom. The van der Waals surface area contributed by atoms with E-state index in [-0.39, 0.29) is 11.8 Å². The number of rotatable bonds is 4. The van der Waals surface area contributed by atoms with E-state index < -0.39 is 0 Å². The molecule has 1 aliphatic carbocycles. The summed E-state index contributed by atoms with van der Waals surface area (Å²) in [7, 11) is 0. The highest BCUT2D eigenvalue weighted by Gasteiger charge is 2.26. The van der Waals surface area contributed by atoms with Gasteiger partial charge in [-0.25, -0.2) is 0 Å². The van der Waals surface area contributed by atoms with Crippen LogP contribution < -0.4 is 5.32 Å². The van der Waals surface area contributed by atoms with Gasteiger partial charge in [0.25, 0.3) is 5.91 Å². The number of benzene rings is 1. The van der Waals surface area contributed by atoms with Crippen LogP contribution >= 0.6 is 11.6 Å². The summed E-state index contributed by atoms with van der Waals surface area (Å²) in [5, 5.41) is 3.69. The van der Waals surface area contributed by atoms with Crippen LogP contribution in [0.4, 0.5) is 0 Å². The first kappa shape index (κ1) is 19.2. The predicted octanol–water partition coefficient (Wildman–Crippen LogP) is 2.79. The van der Waals surface area contributed by atoms with Crippen LogP contribution in [-0.4, -0.2) is 60.4 Å². The van der Waals surface area contributed by atoms with E-state index in [4.69, 9.17) is 11.6 Å². The van der Waals surface area contributed by atoms with E-state index in [1.54, 1.807) is 12.1 Å². The fraction of sp³-hybridized carbons (Fsp3) is 0.600. The maximum absolute atomic E-state index is 12.6. The molecule has 2 fully saturated rings. The molecule has 0 aromatic heterocycles. The Hall–Kier alpha value is -1.59. The first-order valence-corrected chi connectivity index (χ1v) is 9.98. The van der Waals surface area contributed by atoms with Crippen molar-refractivity contribution in [1.29, 1.82) is 0 Å². The maximum Gasteiger partial charge on any atom is 0.255 e. The van der Waals surface area contributed by atoms with E-state index in [9.17, 15) is 9.59 Å². The molecule has 142 valence electrons. The lowest BCUT2D eigenvalue weighted by Crippen LogP contribution is -2.52. The lowest BCUT2D eigenvalue weighted by molar-refractivity contribution is -0.123. The molecule has 2 atom stereocenters. The maximum atomic E-state index is 12.6. The van der Waals surface area contributed by atoms with Crippen molar-refractivity contribution in [3.05, 3.63) is 34.9 Å². The molecular weight excluding hydrogens is 350 g/mol. The van der Waals surface area contributed by atoms with Crippen molar-refractivity contribution in [2.75, 3.05) is 32.7 Å². The monoisotopic (exact) mass is 377 g/mol. The van der Waals surface area contributed by atoms with Crippen LogP contribution in [0.2, 0.25) is 5.02 Å². The Morgan fingerprint density at radius 2 is 1.81 bits per heavy atom. The predicted molar refractivity (Wildman–Crippen MR) is 103 cm³/mol. The molecule has 0 radical (unpaired) electrons. The molecule has 0 bridgehead atoms. The summed E-state index contributed by atoms with van der Waals surface area (Å²) in [5.74, 6) is 0.642. The minimum absolute atomic E-state index is 0.0317. The van der Waals surface area contributed by atoms with Crippen LogP contribution in [0.1, 0.15) is 43.0 Å². The molecule has 2 amide bonds. The zero-order chi connectivity index (χ0) is 18.5. The number of carbonyl (C=O) groups is 2. The second-order valence-electron chi connectivity index (χ2n) is 7.48. The topological polar surface area (TPSA) is 52.7 Å². The van der Waals surface area contributed by atoms with Gasteiger partial charge in [-0.15, -0.1) is 0 Å². The summed E-state index contributed by atoms with van der Waals surface area (Å²) in [6.07, 6.45) is 4.77. The van der Waals surface area contributed by atoms with Crippen molar-refractivity contribution in [3.8, 4) is 0 Å². The fourth-order valence-electron chi connectivity index (χ4n) is 3.90. The van der Waals surface area contributed by atoms with Gasteiger partial charge >= 0.3 is 0 Å². The lowest BCUT2D eigenvalue weighted by atomic mass is 9.86. The highest BCUT2D eigenvalue weighted by molar-refractivity contribution is 6.33. The van der Waals surface area contributed by atoms with E-state index in [0.717, 1.165) is 6.42 Å². The molecule has 26 heavy (non-hydrogen) atoms. The van der Waals surface area contributed by atoms with Crippen LogP contribution in [0.25, 0.3) is 0 Å². The molecule has 1 heterocycles. The minimum Gasteiger partial charge on any atom is -0.352 e. The molecule has 5 nitrogen and oxygen atoms in total. The number of nitrogens with zero attached hydrogens (tertiary/aromatic N) is 2. The largest absolute Gasteiger partial charge is 0.352 e. The van der Waals surface area contributed by atoms with Crippen molar-refractivity contribution in [3.63, 3.8) is 0 Å². The second-order valence-corrected chi connectivity index (χ2v) is 7.89. The third-order valence-electron chi connectivity index (χ3n) is 5.59. The van der Waals surface area contributed by atoms with Gasteiger partial charge < -0.3 is 10.2 Å². The Bertz CT molecular complexity index is 644. The summed E-state index contributed by atoms with van der Waals surface area (Å²) in [5.41, 5.74) is 0.548. The first-order valence-electron chi connectivity index (χ1n) is 9.60. The van der Waals surface area contributed by atoms with E-state index in [0.29, 0.717) is 55.3 Å². The molecule has 1 aromatic carbocycles. The van der Waals surface area contributed by atoms with Crippen molar-refractivity contribution >= 4 is 23.4 Å². The summed E-state index contributed by atoms with van der Waals surface area (Å²) in [6.45, 7) is 5.31. The average Bonchev–Trinajstić information content (AvgIpc) is 2.64. The molecule has 1 saturated heterocycles.